The molecule has 0 aliphatic rings. The number of thiophene rings is 1. The van der Waals surface area contributed by atoms with E-state index in [2.05, 4.69) is 4.99 Å². The first-order valence-corrected chi connectivity index (χ1v) is 11.1. The summed E-state index contributed by atoms with van der Waals surface area (Å²) in [6, 6.07) is 7.96. The third-order valence-corrected chi connectivity index (χ3v) is 6.43. The van der Waals surface area contributed by atoms with Crippen molar-refractivity contribution in [1.29, 1.82) is 0 Å². The molecular formula is C17H15N3O5S3. The Balaban J connectivity index is 2.09. The van der Waals surface area contributed by atoms with E-state index < -0.39 is 21.9 Å². The number of ether oxygens (including phenoxy) is 1. The summed E-state index contributed by atoms with van der Waals surface area (Å²) in [5.74, 6) is -1.04. The van der Waals surface area contributed by atoms with Crippen LogP contribution in [0.4, 0.5) is 0 Å². The fourth-order valence-electron chi connectivity index (χ4n) is 2.33. The molecule has 0 spiro atoms. The molecule has 0 aliphatic carbocycles. The van der Waals surface area contributed by atoms with Crippen LogP contribution in [0.5, 0.6) is 0 Å². The molecule has 0 bridgehead atoms. The van der Waals surface area contributed by atoms with E-state index >= 15 is 0 Å². The number of amides is 1. The summed E-state index contributed by atoms with van der Waals surface area (Å²) in [6.07, 6.45) is 2.97. The maximum atomic E-state index is 12.2. The van der Waals surface area contributed by atoms with Gasteiger partial charge >= 0.3 is 5.97 Å². The predicted molar refractivity (Wildman–Crippen MR) is 107 cm³/mol. The topological polar surface area (TPSA) is 121 Å². The van der Waals surface area contributed by atoms with Gasteiger partial charge in [-0.2, -0.15) is 4.99 Å². The monoisotopic (exact) mass is 437 g/mol. The lowest BCUT2D eigenvalue weighted by molar-refractivity contribution is -0.141. The molecule has 0 unspecified atom stereocenters. The summed E-state index contributed by atoms with van der Waals surface area (Å²) < 4.78 is 29.9. The molecule has 0 atom stereocenters. The first kappa shape index (κ1) is 20.1. The van der Waals surface area contributed by atoms with Crippen molar-refractivity contribution in [3.8, 4) is 0 Å². The Kier molecular flexibility index (Phi) is 5.89. The predicted octanol–water partition coefficient (Wildman–Crippen LogP) is 1.73. The zero-order valence-electron chi connectivity index (χ0n) is 14.6. The largest absolute Gasteiger partial charge is 0.468 e. The van der Waals surface area contributed by atoms with E-state index in [1.165, 1.54) is 47.3 Å². The summed E-state index contributed by atoms with van der Waals surface area (Å²) in [4.78, 5) is 29.1. The van der Waals surface area contributed by atoms with Gasteiger partial charge in [-0.25, -0.2) is 13.6 Å². The lowest BCUT2D eigenvalue weighted by Crippen LogP contribution is -2.22. The summed E-state index contributed by atoms with van der Waals surface area (Å²) in [6.45, 7) is -0.175. The third-order valence-electron chi connectivity index (χ3n) is 3.64. The van der Waals surface area contributed by atoms with E-state index in [-0.39, 0.29) is 16.2 Å². The van der Waals surface area contributed by atoms with Crippen LogP contribution in [0.2, 0.25) is 0 Å². The van der Waals surface area contributed by atoms with Gasteiger partial charge < -0.3 is 9.30 Å². The standard InChI is InChI=1S/C17H15N3O5S3/c1-25-16(22)10-20-13-6-5-12(28(18,23)24)9-14(13)27-17(20)19-15(21)7-4-11-3-2-8-26-11/h2-9H,10H2,1H3,(H2,18,23,24)/b7-4+,19-17?. The molecule has 11 heteroatoms. The number of esters is 1. The average molecular weight is 438 g/mol. The molecule has 146 valence electrons. The normalized spacial score (nSPS) is 12.7. The number of benzene rings is 1. The maximum Gasteiger partial charge on any atom is 0.325 e. The zero-order chi connectivity index (χ0) is 20.3. The highest BCUT2D eigenvalue weighted by atomic mass is 32.2. The van der Waals surface area contributed by atoms with Crippen molar-refractivity contribution >= 4 is 60.9 Å². The highest BCUT2D eigenvalue weighted by molar-refractivity contribution is 7.89. The Labute approximate surface area is 168 Å². The van der Waals surface area contributed by atoms with Gasteiger partial charge in [-0.3, -0.25) is 9.59 Å². The number of sulfonamides is 1. The van der Waals surface area contributed by atoms with Gasteiger partial charge in [0.15, 0.2) is 4.80 Å². The number of carbonyl (C=O) groups excluding carboxylic acids is 2. The smallest absolute Gasteiger partial charge is 0.325 e. The van der Waals surface area contributed by atoms with Crippen LogP contribution in [0.15, 0.2) is 51.7 Å². The number of aromatic nitrogens is 1. The van der Waals surface area contributed by atoms with E-state index in [1.54, 1.807) is 6.08 Å². The molecule has 2 heterocycles. The van der Waals surface area contributed by atoms with Crippen LogP contribution < -0.4 is 9.94 Å². The number of hydrogen-bond acceptors (Lipinski definition) is 7. The lowest BCUT2D eigenvalue weighted by atomic mass is 10.3. The van der Waals surface area contributed by atoms with E-state index in [4.69, 9.17) is 9.88 Å². The van der Waals surface area contributed by atoms with Crippen LogP contribution in [-0.2, 0) is 30.9 Å². The summed E-state index contributed by atoms with van der Waals surface area (Å²) >= 11 is 2.55. The molecule has 2 aromatic heterocycles. The van der Waals surface area contributed by atoms with Crippen molar-refractivity contribution < 1.29 is 22.7 Å². The highest BCUT2D eigenvalue weighted by Crippen LogP contribution is 2.21. The highest BCUT2D eigenvalue weighted by Gasteiger charge is 2.15. The van der Waals surface area contributed by atoms with Gasteiger partial charge in [0, 0.05) is 11.0 Å². The number of primary sulfonamides is 1. The van der Waals surface area contributed by atoms with Crippen molar-refractivity contribution in [1.82, 2.24) is 4.57 Å². The van der Waals surface area contributed by atoms with Crippen LogP contribution >= 0.6 is 22.7 Å². The number of carbonyl (C=O) groups is 2. The molecule has 0 saturated heterocycles. The van der Waals surface area contributed by atoms with E-state index in [1.807, 2.05) is 17.5 Å². The fourth-order valence-corrected chi connectivity index (χ4v) is 4.64. The van der Waals surface area contributed by atoms with Gasteiger partial charge in [-0.15, -0.1) is 11.3 Å². The first-order chi connectivity index (χ1) is 13.3. The molecule has 8 nitrogen and oxygen atoms in total. The molecule has 1 aromatic carbocycles. The van der Waals surface area contributed by atoms with E-state index in [9.17, 15) is 18.0 Å². The lowest BCUT2D eigenvalue weighted by Gasteiger charge is -2.04. The number of thiazole rings is 1. The molecule has 28 heavy (non-hydrogen) atoms. The van der Waals surface area contributed by atoms with Gasteiger partial charge in [0.2, 0.25) is 10.0 Å². The summed E-state index contributed by atoms with van der Waals surface area (Å²) in [5.41, 5.74) is 0.539. The quantitative estimate of drug-likeness (QED) is 0.481. The van der Waals surface area contributed by atoms with Crippen LogP contribution in [0.1, 0.15) is 4.88 Å². The molecular weight excluding hydrogens is 422 g/mol. The second-order valence-corrected chi connectivity index (χ2v) is 9.07. The number of hydrogen-bond donors (Lipinski definition) is 1. The maximum absolute atomic E-state index is 12.2. The van der Waals surface area contributed by atoms with Crippen LogP contribution in [0.25, 0.3) is 16.3 Å². The first-order valence-electron chi connectivity index (χ1n) is 7.81. The van der Waals surface area contributed by atoms with Gasteiger partial charge in [0.1, 0.15) is 6.54 Å². The summed E-state index contributed by atoms with van der Waals surface area (Å²) in [7, 11) is -2.63. The molecule has 0 aliphatic heterocycles. The molecule has 3 aromatic rings. The number of fused-ring (bicyclic) bond motifs is 1. The molecule has 1 amide bonds. The summed E-state index contributed by atoms with van der Waals surface area (Å²) in [5, 5.41) is 7.06. The van der Waals surface area contributed by atoms with Crippen molar-refractivity contribution in [2.75, 3.05) is 7.11 Å². The molecule has 0 fully saturated rings. The van der Waals surface area contributed by atoms with Crippen LogP contribution in [0, 0.1) is 0 Å². The van der Waals surface area contributed by atoms with Crippen LogP contribution in [-0.4, -0.2) is 32.0 Å². The average Bonchev–Trinajstić information content (AvgIpc) is 3.27. The van der Waals surface area contributed by atoms with Crippen molar-refractivity contribution in [2.45, 2.75) is 11.4 Å². The van der Waals surface area contributed by atoms with E-state index in [0.717, 1.165) is 16.2 Å². The second-order valence-electron chi connectivity index (χ2n) is 5.52. The fraction of sp³-hybridized carbons (Fsp3) is 0.118. The zero-order valence-corrected chi connectivity index (χ0v) is 17.0. The minimum atomic E-state index is -3.88. The van der Waals surface area contributed by atoms with Crippen molar-refractivity contribution in [3.63, 3.8) is 0 Å². The van der Waals surface area contributed by atoms with Crippen molar-refractivity contribution in [2.24, 2.45) is 10.1 Å². The molecule has 3 rings (SSSR count). The third kappa shape index (κ3) is 4.62. The number of rotatable bonds is 5. The Morgan fingerprint density at radius 3 is 2.75 bits per heavy atom. The number of nitrogens with zero attached hydrogens (tertiary/aromatic N) is 2. The van der Waals surface area contributed by atoms with Gasteiger partial charge in [0.25, 0.3) is 5.91 Å². The Morgan fingerprint density at radius 2 is 2.11 bits per heavy atom. The Hall–Kier alpha value is -2.60. The van der Waals surface area contributed by atoms with Gasteiger partial charge in [0.05, 0.1) is 22.2 Å². The SMILES string of the molecule is COC(=O)Cn1c(=NC(=O)/C=C/c2cccs2)sc2cc(S(N)(=O)=O)ccc21. The van der Waals surface area contributed by atoms with Gasteiger partial charge in [-0.05, 0) is 35.7 Å². The molecule has 2 N–H and O–H groups in total. The minimum absolute atomic E-state index is 0.0677. The van der Waals surface area contributed by atoms with Gasteiger partial charge in [-0.1, -0.05) is 17.4 Å². The van der Waals surface area contributed by atoms with E-state index in [0.29, 0.717) is 10.2 Å². The Morgan fingerprint density at radius 1 is 1.32 bits per heavy atom. The molecule has 0 saturated carbocycles. The number of nitrogens with two attached hydrogens (primary N) is 1. The van der Waals surface area contributed by atoms with Crippen molar-refractivity contribution in [3.05, 3.63) is 51.5 Å². The number of methoxy groups -OCH3 is 1. The van der Waals surface area contributed by atoms with Crippen LogP contribution in [0.3, 0.4) is 0 Å². The minimum Gasteiger partial charge on any atom is -0.468 e. The Bertz CT molecular complexity index is 1230. The second kappa shape index (κ2) is 8.19. The molecule has 0 radical (unpaired) electrons.